The number of aromatic nitrogens is 4. The summed E-state index contributed by atoms with van der Waals surface area (Å²) in [5, 5.41) is 14.5. The lowest BCUT2D eigenvalue weighted by atomic mass is 10.2. The highest BCUT2D eigenvalue weighted by Crippen LogP contribution is 2.30. The number of ether oxygens (including phenoxy) is 1. The van der Waals surface area contributed by atoms with Crippen molar-refractivity contribution in [1.29, 1.82) is 0 Å². The maximum Gasteiger partial charge on any atom is 0.202 e. The lowest BCUT2D eigenvalue weighted by Crippen LogP contribution is -2.16. The van der Waals surface area contributed by atoms with Crippen LogP contribution in [0, 0.1) is 0 Å². The van der Waals surface area contributed by atoms with E-state index in [1.165, 1.54) is 0 Å². The van der Waals surface area contributed by atoms with Crippen LogP contribution in [0.4, 0.5) is 0 Å². The van der Waals surface area contributed by atoms with E-state index in [-0.39, 0.29) is 6.10 Å². The van der Waals surface area contributed by atoms with E-state index in [2.05, 4.69) is 19.9 Å². The third-order valence-electron chi connectivity index (χ3n) is 4.90. The summed E-state index contributed by atoms with van der Waals surface area (Å²) < 4.78 is 18.7. The van der Waals surface area contributed by atoms with Crippen molar-refractivity contribution in [2.24, 2.45) is 0 Å². The molecule has 0 bridgehead atoms. The van der Waals surface area contributed by atoms with Crippen LogP contribution in [0.3, 0.4) is 0 Å². The molecular weight excluding hydrogens is 424 g/mol. The Morgan fingerprint density at radius 1 is 1.13 bits per heavy atom. The number of halogens is 1. The zero-order valence-electron chi connectivity index (χ0n) is 16.0. The molecule has 0 N–H and O–H groups in total. The molecule has 0 radical (unpaired) electrons. The van der Waals surface area contributed by atoms with Gasteiger partial charge in [-0.2, -0.15) is 0 Å². The van der Waals surface area contributed by atoms with Crippen molar-refractivity contribution in [3.8, 4) is 22.9 Å². The summed E-state index contributed by atoms with van der Waals surface area (Å²) in [5.41, 5.74) is 1.78. The Morgan fingerprint density at radius 3 is 2.80 bits per heavy atom. The zero-order valence-corrected chi connectivity index (χ0v) is 17.6. The fourth-order valence-electron chi connectivity index (χ4n) is 3.42. The lowest BCUT2D eigenvalue weighted by molar-refractivity contribution is 0.0953. The molecule has 0 aliphatic carbocycles. The van der Waals surface area contributed by atoms with Crippen molar-refractivity contribution >= 4 is 23.4 Å². The molecule has 0 spiro atoms. The van der Waals surface area contributed by atoms with Gasteiger partial charge in [0, 0.05) is 29.0 Å². The molecule has 0 saturated carbocycles. The number of furan rings is 1. The second kappa shape index (κ2) is 8.67. The molecule has 4 heterocycles. The molecular formula is C21H19ClN4O3S. The predicted molar refractivity (Wildman–Crippen MR) is 113 cm³/mol. The normalized spacial score (nSPS) is 16.4. The van der Waals surface area contributed by atoms with Gasteiger partial charge in [-0.1, -0.05) is 28.5 Å². The van der Waals surface area contributed by atoms with Crippen LogP contribution < -0.4 is 0 Å². The minimum atomic E-state index is 0.170. The molecule has 7 nitrogen and oxygen atoms in total. The first-order valence-electron chi connectivity index (χ1n) is 9.69. The van der Waals surface area contributed by atoms with Crippen molar-refractivity contribution < 1.29 is 13.7 Å². The molecule has 1 atom stereocenters. The van der Waals surface area contributed by atoms with Crippen LogP contribution in [0.1, 0.15) is 18.5 Å². The molecule has 1 saturated heterocycles. The van der Waals surface area contributed by atoms with Gasteiger partial charge in [-0.15, -0.1) is 10.2 Å². The topological polar surface area (TPSA) is 79.1 Å². The van der Waals surface area contributed by atoms with Crippen molar-refractivity contribution in [1.82, 2.24) is 19.9 Å². The third kappa shape index (κ3) is 4.16. The van der Waals surface area contributed by atoms with E-state index in [9.17, 15) is 0 Å². The van der Waals surface area contributed by atoms with Gasteiger partial charge in [0.05, 0.1) is 24.6 Å². The first kappa shape index (κ1) is 19.4. The van der Waals surface area contributed by atoms with Crippen LogP contribution in [0.5, 0.6) is 0 Å². The van der Waals surface area contributed by atoms with Gasteiger partial charge in [0.2, 0.25) is 5.76 Å². The Labute approximate surface area is 182 Å². The summed E-state index contributed by atoms with van der Waals surface area (Å²) in [7, 11) is 0. The second-order valence-electron chi connectivity index (χ2n) is 7.01. The molecule has 1 fully saturated rings. The molecule has 1 aliphatic heterocycles. The van der Waals surface area contributed by atoms with Crippen LogP contribution in [0.25, 0.3) is 22.9 Å². The molecule has 3 aromatic heterocycles. The Balaban J connectivity index is 1.37. The quantitative estimate of drug-likeness (QED) is 0.358. The third-order valence-corrected chi connectivity index (χ3v) is 6.15. The molecule has 30 heavy (non-hydrogen) atoms. The standard InChI is InChI=1S/C21H19ClN4O3S/c22-15-7-5-14(6-8-15)20-23-24-21(26(20)12-17-3-1-9-27-17)30-13-16-11-19(29-25-16)18-4-2-10-28-18/h2,4-8,10-11,17H,1,3,9,12-13H2/t17-/m1/s1. The zero-order chi connectivity index (χ0) is 20.3. The van der Waals surface area contributed by atoms with Gasteiger partial charge >= 0.3 is 0 Å². The summed E-state index contributed by atoms with van der Waals surface area (Å²) in [5.74, 6) is 2.68. The highest BCUT2D eigenvalue weighted by Gasteiger charge is 2.22. The van der Waals surface area contributed by atoms with E-state index >= 15 is 0 Å². The number of thioether (sulfide) groups is 1. The van der Waals surface area contributed by atoms with Crippen LogP contribution in [-0.2, 0) is 17.0 Å². The van der Waals surface area contributed by atoms with E-state index < -0.39 is 0 Å². The monoisotopic (exact) mass is 442 g/mol. The highest BCUT2D eigenvalue weighted by atomic mass is 35.5. The summed E-state index contributed by atoms with van der Waals surface area (Å²) in [6, 6.07) is 13.2. The van der Waals surface area contributed by atoms with E-state index in [0.717, 1.165) is 41.7 Å². The van der Waals surface area contributed by atoms with E-state index in [1.54, 1.807) is 18.0 Å². The van der Waals surface area contributed by atoms with Gasteiger partial charge in [0.25, 0.3) is 0 Å². The minimum absolute atomic E-state index is 0.170. The molecule has 4 aromatic rings. The Bertz CT molecular complexity index is 1100. The summed E-state index contributed by atoms with van der Waals surface area (Å²) in [6.07, 6.45) is 3.90. The average Bonchev–Trinajstić information content (AvgIpc) is 3.55. The van der Waals surface area contributed by atoms with E-state index in [0.29, 0.717) is 28.8 Å². The number of nitrogens with zero attached hydrogens (tertiary/aromatic N) is 4. The summed E-state index contributed by atoms with van der Waals surface area (Å²) in [6.45, 7) is 1.52. The van der Waals surface area contributed by atoms with Gasteiger partial charge in [-0.05, 0) is 49.2 Å². The molecule has 1 aliphatic rings. The first-order chi connectivity index (χ1) is 14.8. The Hall–Kier alpha value is -2.55. The predicted octanol–water partition coefficient (Wildman–Crippen LogP) is 5.32. The van der Waals surface area contributed by atoms with Crippen molar-refractivity contribution in [2.45, 2.75) is 36.4 Å². The maximum absolute atomic E-state index is 6.05. The van der Waals surface area contributed by atoms with Crippen LogP contribution >= 0.6 is 23.4 Å². The Kier molecular flexibility index (Phi) is 5.61. The fraction of sp³-hybridized carbons (Fsp3) is 0.286. The molecule has 5 rings (SSSR count). The first-order valence-corrected chi connectivity index (χ1v) is 11.1. The maximum atomic E-state index is 6.05. The molecule has 0 unspecified atom stereocenters. The van der Waals surface area contributed by atoms with E-state index in [1.807, 2.05) is 42.5 Å². The van der Waals surface area contributed by atoms with Gasteiger partial charge in [-0.3, -0.25) is 4.57 Å². The summed E-state index contributed by atoms with van der Waals surface area (Å²) >= 11 is 7.62. The largest absolute Gasteiger partial charge is 0.461 e. The molecule has 1 aromatic carbocycles. The molecule has 154 valence electrons. The lowest BCUT2D eigenvalue weighted by Gasteiger charge is -2.14. The van der Waals surface area contributed by atoms with Crippen molar-refractivity contribution in [2.75, 3.05) is 6.61 Å². The SMILES string of the molecule is Clc1ccc(-c2nnc(SCc3cc(-c4ccco4)on3)n2C[C@H]2CCCO2)cc1. The number of rotatable bonds is 7. The highest BCUT2D eigenvalue weighted by molar-refractivity contribution is 7.98. The van der Waals surface area contributed by atoms with Gasteiger partial charge in [0.15, 0.2) is 16.7 Å². The number of hydrogen-bond acceptors (Lipinski definition) is 7. The fourth-order valence-corrected chi connectivity index (χ4v) is 4.37. The number of hydrogen-bond donors (Lipinski definition) is 0. The van der Waals surface area contributed by atoms with Gasteiger partial charge < -0.3 is 13.7 Å². The summed E-state index contributed by atoms with van der Waals surface area (Å²) in [4.78, 5) is 0. The van der Waals surface area contributed by atoms with Crippen LogP contribution in [-0.4, -0.2) is 32.6 Å². The smallest absolute Gasteiger partial charge is 0.202 e. The molecule has 9 heteroatoms. The number of benzene rings is 1. The van der Waals surface area contributed by atoms with Crippen molar-refractivity contribution in [3.63, 3.8) is 0 Å². The molecule has 0 amide bonds. The second-order valence-corrected chi connectivity index (χ2v) is 8.39. The minimum Gasteiger partial charge on any atom is -0.461 e. The Morgan fingerprint density at radius 2 is 2.03 bits per heavy atom. The average molecular weight is 443 g/mol. The van der Waals surface area contributed by atoms with E-state index in [4.69, 9.17) is 25.3 Å². The van der Waals surface area contributed by atoms with Crippen LogP contribution in [0.15, 0.2) is 62.8 Å². The van der Waals surface area contributed by atoms with Gasteiger partial charge in [-0.25, -0.2) is 0 Å². The van der Waals surface area contributed by atoms with Crippen LogP contribution in [0.2, 0.25) is 5.02 Å². The van der Waals surface area contributed by atoms with Gasteiger partial charge in [0.1, 0.15) is 0 Å². The van der Waals surface area contributed by atoms with Crippen molar-refractivity contribution in [3.05, 3.63) is 59.4 Å².